The molecule has 1 amide bonds. The van der Waals surface area contributed by atoms with Crippen molar-refractivity contribution >= 4 is 23.7 Å². The smallest absolute Gasteiger partial charge is 0.258 e. The quantitative estimate of drug-likeness (QED) is 0.542. The number of methoxy groups -OCH3 is 1. The van der Waals surface area contributed by atoms with Gasteiger partial charge >= 0.3 is 0 Å². The normalized spacial score (nSPS) is 13.1. The third-order valence-corrected chi connectivity index (χ3v) is 5.31. The zero-order valence-electron chi connectivity index (χ0n) is 17.5. The second kappa shape index (κ2) is 8.46. The van der Waals surface area contributed by atoms with Crippen LogP contribution in [0.1, 0.15) is 32.6 Å². The molecule has 0 fully saturated rings. The van der Waals surface area contributed by atoms with Crippen LogP contribution in [0.4, 0.5) is 5.69 Å². The highest BCUT2D eigenvalue weighted by Gasteiger charge is 2.24. The number of benzene rings is 3. The Morgan fingerprint density at radius 3 is 2.53 bits per heavy atom. The molecule has 4 rings (SSSR count). The van der Waals surface area contributed by atoms with Crippen LogP contribution in [0.5, 0.6) is 11.5 Å². The SMILES string of the molecule is COc1ccc(C(=O)N2CCOc3cc(C=Cc4ccc(C)cc4C)ccc32)cc1. The lowest BCUT2D eigenvalue weighted by Gasteiger charge is -2.30. The first-order chi connectivity index (χ1) is 14.5. The van der Waals surface area contributed by atoms with Crippen LogP contribution in [0.3, 0.4) is 0 Å². The van der Waals surface area contributed by atoms with Gasteiger partial charge < -0.3 is 14.4 Å². The molecule has 1 aliphatic heterocycles. The van der Waals surface area contributed by atoms with Crippen molar-refractivity contribution in [3.63, 3.8) is 0 Å². The summed E-state index contributed by atoms with van der Waals surface area (Å²) in [5.41, 5.74) is 6.15. The lowest BCUT2D eigenvalue weighted by Crippen LogP contribution is -2.37. The van der Waals surface area contributed by atoms with Crippen molar-refractivity contribution in [2.45, 2.75) is 13.8 Å². The van der Waals surface area contributed by atoms with E-state index in [-0.39, 0.29) is 5.91 Å². The van der Waals surface area contributed by atoms with Gasteiger partial charge in [0.1, 0.15) is 18.1 Å². The average molecular weight is 399 g/mol. The van der Waals surface area contributed by atoms with Crippen molar-refractivity contribution in [3.8, 4) is 11.5 Å². The molecule has 1 aliphatic rings. The minimum absolute atomic E-state index is 0.0409. The van der Waals surface area contributed by atoms with Crippen molar-refractivity contribution in [1.29, 1.82) is 0 Å². The predicted octanol–water partition coefficient (Wildman–Crippen LogP) is 5.52. The summed E-state index contributed by atoms with van der Waals surface area (Å²) < 4.78 is 11.0. The highest BCUT2D eigenvalue weighted by molar-refractivity contribution is 6.07. The third-order valence-electron chi connectivity index (χ3n) is 5.31. The first-order valence-corrected chi connectivity index (χ1v) is 10.0. The molecule has 0 radical (unpaired) electrons. The van der Waals surface area contributed by atoms with Crippen LogP contribution >= 0.6 is 0 Å². The number of hydrogen-bond donors (Lipinski definition) is 0. The van der Waals surface area contributed by atoms with E-state index in [4.69, 9.17) is 9.47 Å². The van der Waals surface area contributed by atoms with E-state index in [0.717, 1.165) is 22.7 Å². The standard InChI is InChI=1S/C26H25NO3/c1-18-4-7-21(19(2)16-18)8-5-20-6-13-24-25(17-20)30-15-14-27(24)26(28)22-9-11-23(29-3)12-10-22/h4-13,16-17H,14-15H2,1-3H3. The molecule has 0 bridgehead atoms. The molecule has 4 heteroatoms. The molecule has 0 unspecified atom stereocenters. The highest BCUT2D eigenvalue weighted by atomic mass is 16.5. The summed E-state index contributed by atoms with van der Waals surface area (Å²) >= 11 is 0. The molecular weight excluding hydrogens is 374 g/mol. The Labute approximate surface area is 177 Å². The van der Waals surface area contributed by atoms with Crippen molar-refractivity contribution < 1.29 is 14.3 Å². The fourth-order valence-corrected chi connectivity index (χ4v) is 3.64. The minimum atomic E-state index is -0.0409. The zero-order chi connectivity index (χ0) is 21.1. The molecule has 3 aromatic rings. The summed E-state index contributed by atoms with van der Waals surface area (Å²) in [4.78, 5) is 14.8. The molecule has 0 atom stereocenters. The van der Waals surface area contributed by atoms with Crippen molar-refractivity contribution in [3.05, 3.63) is 88.5 Å². The number of aryl methyl sites for hydroxylation is 2. The van der Waals surface area contributed by atoms with E-state index in [1.165, 1.54) is 16.7 Å². The Kier molecular flexibility index (Phi) is 5.57. The van der Waals surface area contributed by atoms with Gasteiger partial charge in [0.05, 0.1) is 19.3 Å². The number of carbonyl (C=O) groups excluding carboxylic acids is 1. The van der Waals surface area contributed by atoms with Gasteiger partial charge in [-0.3, -0.25) is 4.79 Å². The first-order valence-electron chi connectivity index (χ1n) is 10.0. The van der Waals surface area contributed by atoms with Crippen LogP contribution in [0, 0.1) is 13.8 Å². The average Bonchev–Trinajstić information content (AvgIpc) is 2.77. The van der Waals surface area contributed by atoms with E-state index in [2.05, 4.69) is 44.2 Å². The molecule has 0 saturated carbocycles. The molecule has 152 valence electrons. The number of carbonyl (C=O) groups is 1. The first kappa shape index (κ1) is 19.8. The number of amides is 1. The topological polar surface area (TPSA) is 38.8 Å². The predicted molar refractivity (Wildman–Crippen MR) is 121 cm³/mol. The van der Waals surface area contributed by atoms with Gasteiger partial charge in [-0.15, -0.1) is 0 Å². The summed E-state index contributed by atoms with van der Waals surface area (Å²) in [7, 11) is 1.61. The molecule has 0 N–H and O–H groups in total. The maximum Gasteiger partial charge on any atom is 0.258 e. The number of ether oxygens (including phenoxy) is 2. The van der Waals surface area contributed by atoms with Crippen LogP contribution in [-0.4, -0.2) is 26.2 Å². The van der Waals surface area contributed by atoms with Gasteiger partial charge in [-0.05, 0) is 66.9 Å². The molecule has 0 aromatic heterocycles. The van der Waals surface area contributed by atoms with Gasteiger partial charge in [-0.25, -0.2) is 0 Å². The molecule has 0 spiro atoms. The molecule has 0 saturated heterocycles. The number of fused-ring (bicyclic) bond motifs is 1. The van der Waals surface area contributed by atoms with Crippen molar-refractivity contribution in [2.75, 3.05) is 25.2 Å². The van der Waals surface area contributed by atoms with Gasteiger partial charge in [-0.2, -0.15) is 0 Å². The van der Waals surface area contributed by atoms with Gasteiger partial charge in [-0.1, -0.05) is 42.0 Å². The van der Waals surface area contributed by atoms with Gasteiger partial charge in [0.2, 0.25) is 0 Å². The van der Waals surface area contributed by atoms with E-state index >= 15 is 0 Å². The monoisotopic (exact) mass is 399 g/mol. The van der Waals surface area contributed by atoms with E-state index in [1.54, 1.807) is 36.3 Å². The second-order valence-corrected chi connectivity index (χ2v) is 7.45. The van der Waals surface area contributed by atoms with Crippen LogP contribution in [0.15, 0.2) is 60.7 Å². The highest BCUT2D eigenvalue weighted by Crippen LogP contribution is 2.34. The Bertz CT molecular complexity index is 1100. The Hall–Kier alpha value is -3.53. The Morgan fingerprint density at radius 1 is 1.00 bits per heavy atom. The van der Waals surface area contributed by atoms with Crippen LogP contribution in [-0.2, 0) is 0 Å². The number of anilines is 1. The lowest BCUT2D eigenvalue weighted by molar-refractivity contribution is 0.0976. The van der Waals surface area contributed by atoms with Gasteiger partial charge in [0.15, 0.2) is 0 Å². The third kappa shape index (κ3) is 4.08. The van der Waals surface area contributed by atoms with Crippen LogP contribution in [0.2, 0.25) is 0 Å². The molecule has 3 aromatic carbocycles. The van der Waals surface area contributed by atoms with E-state index < -0.39 is 0 Å². The van der Waals surface area contributed by atoms with Gasteiger partial charge in [0, 0.05) is 5.56 Å². The van der Waals surface area contributed by atoms with Gasteiger partial charge in [0.25, 0.3) is 5.91 Å². The summed E-state index contributed by atoms with van der Waals surface area (Å²) in [5.74, 6) is 1.42. The molecular formula is C26H25NO3. The number of hydrogen-bond acceptors (Lipinski definition) is 3. The van der Waals surface area contributed by atoms with Crippen molar-refractivity contribution in [1.82, 2.24) is 0 Å². The zero-order valence-corrected chi connectivity index (χ0v) is 17.5. The number of rotatable bonds is 4. The lowest BCUT2D eigenvalue weighted by atomic mass is 10.0. The Morgan fingerprint density at radius 2 is 1.80 bits per heavy atom. The van der Waals surface area contributed by atoms with Crippen molar-refractivity contribution in [2.24, 2.45) is 0 Å². The fraction of sp³-hybridized carbons (Fsp3) is 0.192. The Balaban J connectivity index is 1.57. The summed E-state index contributed by atoms with van der Waals surface area (Å²) in [5, 5.41) is 0. The second-order valence-electron chi connectivity index (χ2n) is 7.45. The summed E-state index contributed by atoms with van der Waals surface area (Å²) in [6.07, 6.45) is 4.19. The van der Waals surface area contributed by atoms with E-state index in [9.17, 15) is 4.79 Å². The summed E-state index contributed by atoms with van der Waals surface area (Å²) in [6, 6.07) is 19.6. The minimum Gasteiger partial charge on any atom is -0.497 e. The van der Waals surface area contributed by atoms with Crippen LogP contribution in [0.25, 0.3) is 12.2 Å². The largest absolute Gasteiger partial charge is 0.497 e. The number of nitrogens with zero attached hydrogens (tertiary/aromatic N) is 1. The van der Waals surface area contributed by atoms with Crippen LogP contribution < -0.4 is 14.4 Å². The van der Waals surface area contributed by atoms with E-state index in [0.29, 0.717) is 18.7 Å². The molecule has 30 heavy (non-hydrogen) atoms. The summed E-state index contributed by atoms with van der Waals surface area (Å²) in [6.45, 7) is 5.21. The fourth-order valence-electron chi connectivity index (χ4n) is 3.64. The van der Waals surface area contributed by atoms with E-state index in [1.807, 2.05) is 18.2 Å². The molecule has 0 aliphatic carbocycles. The maximum absolute atomic E-state index is 13.0. The molecule has 1 heterocycles. The maximum atomic E-state index is 13.0. The molecule has 4 nitrogen and oxygen atoms in total.